The van der Waals surface area contributed by atoms with Crippen molar-refractivity contribution in [3.8, 4) is 0 Å². The van der Waals surface area contributed by atoms with E-state index in [4.69, 9.17) is 0 Å². The van der Waals surface area contributed by atoms with Gasteiger partial charge in [0.2, 0.25) is 0 Å². The Morgan fingerprint density at radius 3 is 2.93 bits per heavy atom. The molecule has 0 unspecified atom stereocenters. The van der Waals surface area contributed by atoms with Crippen LogP contribution in [0.25, 0.3) is 0 Å². The van der Waals surface area contributed by atoms with Crippen molar-refractivity contribution in [2.24, 2.45) is 0 Å². The zero-order chi connectivity index (χ0) is 10.3. The number of nitrogens with zero attached hydrogens (tertiary/aromatic N) is 2. The summed E-state index contributed by atoms with van der Waals surface area (Å²) in [5, 5.41) is 3.37. The summed E-state index contributed by atoms with van der Waals surface area (Å²) in [6, 6.07) is 4.17. The Hall–Kier alpha value is -0.930. The molecule has 1 saturated heterocycles. The third-order valence-corrected chi connectivity index (χ3v) is 2.87. The summed E-state index contributed by atoms with van der Waals surface area (Å²) in [4.78, 5) is 6.66. The fourth-order valence-corrected chi connectivity index (χ4v) is 1.99. The highest BCUT2D eigenvalue weighted by Crippen LogP contribution is 2.02. The first kappa shape index (κ1) is 10.6. The standard InChI is InChI=1S/C12H19N3/c1-3-12(11-14-5-1)4-2-8-15-9-6-13-7-10-15/h1,3,5,11,13H,2,4,6-10H2. The van der Waals surface area contributed by atoms with Crippen LogP contribution in [0.5, 0.6) is 0 Å². The number of aryl methyl sites for hydroxylation is 1. The van der Waals surface area contributed by atoms with Crippen molar-refractivity contribution in [2.75, 3.05) is 32.7 Å². The average Bonchev–Trinajstić information content (AvgIpc) is 2.32. The van der Waals surface area contributed by atoms with Crippen molar-refractivity contribution in [2.45, 2.75) is 12.8 Å². The molecule has 1 fully saturated rings. The summed E-state index contributed by atoms with van der Waals surface area (Å²) < 4.78 is 0. The van der Waals surface area contributed by atoms with E-state index >= 15 is 0 Å². The van der Waals surface area contributed by atoms with Gasteiger partial charge in [-0.15, -0.1) is 0 Å². The lowest BCUT2D eigenvalue weighted by Gasteiger charge is -2.26. The average molecular weight is 205 g/mol. The van der Waals surface area contributed by atoms with Gasteiger partial charge in [0, 0.05) is 38.6 Å². The van der Waals surface area contributed by atoms with Gasteiger partial charge in [0.25, 0.3) is 0 Å². The molecule has 0 aromatic carbocycles. The van der Waals surface area contributed by atoms with Crippen LogP contribution in [0.2, 0.25) is 0 Å². The van der Waals surface area contributed by atoms with Crippen LogP contribution in [0.15, 0.2) is 24.5 Å². The summed E-state index contributed by atoms with van der Waals surface area (Å²) in [5.74, 6) is 0. The highest BCUT2D eigenvalue weighted by Gasteiger charge is 2.08. The third-order valence-electron chi connectivity index (χ3n) is 2.87. The fraction of sp³-hybridized carbons (Fsp3) is 0.583. The van der Waals surface area contributed by atoms with E-state index in [1.54, 1.807) is 0 Å². The molecule has 0 bridgehead atoms. The summed E-state index contributed by atoms with van der Waals surface area (Å²) in [5.41, 5.74) is 1.35. The Balaban J connectivity index is 1.66. The number of rotatable bonds is 4. The van der Waals surface area contributed by atoms with Crippen LogP contribution >= 0.6 is 0 Å². The smallest absolute Gasteiger partial charge is 0.0299 e. The van der Waals surface area contributed by atoms with E-state index in [-0.39, 0.29) is 0 Å². The molecule has 1 N–H and O–H groups in total. The fourth-order valence-electron chi connectivity index (χ4n) is 1.99. The van der Waals surface area contributed by atoms with Gasteiger partial charge in [-0.3, -0.25) is 4.98 Å². The molecule has 3 nitrogen and oxygen atoms in total. The number of hydrogen-bond acceptors (Lipinski definition) is 3. The summed E-state index contributed by atoms with van der Waals surface area (Å²) in [7, 11) is 0. The predicted octanol–water partition coefficient (Wildman–Crippen LogP) is 0.919. The van der Waals surface area contributed by atoms with Gasteiger partial charge >= 0.3 is 0 Å². The van der Waals surface area contributed by atoms with Crippen molar-refractivity contribution in [1.29, 1.82) is 0 Å². The molecule has 0 radical (unpaired) electrons. The molecule has 2 heterocycles. The molecule has 0 spiro atoms. The second-order valence-corrected chi connectivity index (χ2v) is 4.06. The minimum Gasteiger partial charge on any atom is -0.314 e. The van der Waals surface area contributed by atoms with Crippen LogP contribution in [-0.2, 0) is 6.42 Å². The van der Waals surface area contributed by atoms with Crippen LogP contribution in [0.3, 0.4) is 0 Å². The van der Waals surface area contributed by atoms with Crippen LogP contribution in [0.1, 0.15) is 12.0 Å². The van der Waals surface area contributed by atoms with E-state index in [1.807, 2.05) is 18.5 Å². The van der Waals surface area contributed by atoms with Crippen molar-refractivity contribution in [3.05, 3.63) is 30.1 Å². The van der Waals surface area contributed by atoms with Crippen LogP contribution in [0, 0.1) is 0 Å². The maximum absolute atomic E-state index is 4.13. The molecule has 15 heavy (non-hydrogen) atoms. The summed E-state index contributed by atoms with van der Waals surface area (Å²) in [6.07, 6.45) is 6.20. The largest absolute Gasteiger partial charge is 0.314 e. The van der Waals surface area contributed by atoms with Crippen molar-refractivity contribution >= 4 is 0 Å². The number of piperazine rings is 1. The van der Waals surface area contributed by atoms with Crippen molar-refractivity contribution in [1.82, 2.24) is 15.2 Å². The third kappa shape index (κ3) is 3.61. The number of pyridine rings is 1. The monoisotopic (exact) mass is 205 g/mol. The van der Waals surface area contributed by atoms with Gasteiger partial charge in [-0.1, -0.05) is 6.07 Å². The van der Waals surface area contributed by atoms with Gasteiger partial charge < -0.3 is 10.2 Å². The lowest BCUT2D eigenvalue weighted by molar-refractivity contribution is 0.238. The molecule has 3 heteroatoms. The Kier molecular flexibility index (Phi) is 4.11. The van der Waals surface area contributed by atoms with Crippen LogP contribution in [-0.4, -0.2) is 42.6 Å². The molecule has 2 rings (SSSR count). The maximum atomic E-state index is 4.13. The molecule has 1 aliphatic heterocycles. The van der Waals surface area contributed by atoms with Gasteiger partial charge in [-0.2, -0.15) is 0 Å². The van der Waals surface area contributed by atoms with E-state index in [0.717, 1.165) is 19.5 Å². The first-order valence-corrected chi connectivity index (χ1v) is 5.77. The molecule has 0 atom stereocenters. The lowest BCUT2D eigenvalue weighted by atomic mass is 10.1. The topological polar surface area (TPSA) is 28.2 Å². The van der Waals surface area contributed by atoms with Crippen LogP contribution in [0.4, 0.5) is 0 Å². The zero-order valence-electron chi connectivity index (χ0n) is 9.15. The lowest BCUT2D eigenvalue weighted by Crippen LogP contribution is -2.43. The molecular weight excluding hydrogens is 186 g/mol. The van der Waals surface area contributed by atoms with Gasteiger partial charge in [-0.25, -0.2) is 0 Å². The molecule has 1 aliphatic rings. The highest BCUT2D eigenvalue weighted by atomic mass is 15.2. The molecule has 0 saturated carbocycles. The molecule has 82 valence electrons. The van der Waals surface area contributed by atoms with Gasteiger partial charge in [0.15, 0.2) is 0 Å². The maximum Gasteiger partial charge on any atom is 0.0299 e. The van der Waals surface area contributed by atoms with Gasteiger partial charge in [-0.05, 0) is 31.0 Å². The molecular formula is C12H19N3. The number of nitrogens with one attached hydrogen (secondary N) is 1. The molecule has 1 aromatic heterocycles. The minimum atomic E-state index is 1.15. The van der Waals surface area contributed by atoms with Crippen molar-refractivity contribution < 1.29 is 0 Å². The second-order valence-electron chi connectivity index (χ2n) is 4.06. The van der Waals surface area contributed by atoms with E-state index in [0.29, 0.717) is 0 Å². The SMILES string of the molecule is c1cncc(CCCN2CCNCC2)c1. The predicted molar refractivity (Wildman–Crippen MR) is 61.9 cm³/mol. The molecule has 0 aliphatic carbocycles. The normalized spacial score (nSPS) is 17.9. The summed E-state index contributed by atoms with van der Waals surface area (Å²) in [6.45, 7) is 5.91. The summed E-state index contributed by atoms with van der Waals surface area (Å²) >= 11 is 0. The van der Waals surface area contributed by atoms with E-state index in [2.05, 4.69) is 21.3 Å². The Morgan fingerprint density at radius 2 is 2.20 bits per heavy atom. The molecule has 1 aromatic rings. The number of aromatic nitrogens is 1. The molecule has 0 amide bonds. The Morgan fingerprint density at radius 1 is 1.33 bits per heavy atom. The first-order valence-electron chi connectivity index (χ1n) is 5.77. The minimum absolute atomic E-state index is 1.15. The van der Waals surface area contributed by atoms with Crippen LogP contribution < -0.4 is 5.32 Å². The van der Waals surface area contributed by atoms with E-state index in [9.17, 15) is 0 Å². The Labute approximate surface area is 91.5 Å². The van der Waals surface area contributed by atoms with Gasteiger partial charge in [0.1, 0.15) is 0 Å². The highest BCUT2D eigenvalue weighted by molar-refractivity contribution is 5.08. The number of hydrogen-bond donors (Lipinski definition) is 1. The van der Waals surface area contributed by atoms with E-state index < -0.39 is 0 Å². The van der Waals surface area contributed by atoms with Gasteiger partial charge in [0.05, 0.1) is 0 Å². The second kappa shape index (κ2) is 5.83. The van der Waals surface area contributed by atoms with E-state index in [1.165, 1.54) is 31.6 Å². The Bertz CT molecular complexity index is 267. The van der Waals surface area contributed by atoms with Crippen molar-refractivity contribution in [3.63, 3.8) is 0 Å². The zero-order valence-corrected chi connectivity index (χ0v) is 9.15. The first-order chi connectivity index (χ1) is 7.45. The quantitative estimate of drug-likeness (QED) is 0.792.